The smallest absolute Gasteiger partial charge is 0.323 e. The minimum Gasteiger partial charge on any atom is -0.497 e. The van der Waals surface area contributed by atoms with Gasteiger partial charge in [0.15, 0.2) is 4.87 Å². The SMILES string of the molecule is COc1ccc2c(c1)[C@]1(SCCN1C(=O)Nc1ccc(C)c(C)c1)C(=O)N2Cc1cccc(F)c1. The van der Waals surface area contributed by atoms with Gasteiger partial charge in [-0.15, -0.1) is 11.8 Å². The predicted octanol–water partition coefficient (Wildman–Crippen LogP) is 5.43. The van der Waals surface area contributed by atoms with Gasteiger partial charge in [-0.1, -0.05) is 18.2 Å². The Hall–Kier alpha value is -3.52. The van der Waals surface area contributed by atoms with Crippen molar-refractivity contribution in [3.05, 3.63) is 88.7 Å². The number of nitrogens with zero attached hydrogens (tertiary/aromatic N) is 2. The Balaban J connectivity index is 1.54. The van der Waals surface area contributed by atoms with Crippen LogP contribution in [0.15, 0.2) is 60.7 Å². The number of rotatable bonds is 4. The monoisotopic (exact) mass is 491 g/mol. The number of carbonyl (C=O) groups is 2. The van der Waals surface area contributed by atoms with E-state index in [9.17, 15) is 14.0 Å². The van der Waals surface area contributed by atoms with Crippen molar-refractivity contribution in [2.24, 2.45) is 0 Å². The Morgan fingerprint density at radius 2 is 1.94 bits per heavy atom. The van der Waals surface area contributed by atoms with E-state index in [0.29, 0.717) is 40.5 Å². The van der Waals surface area contributed by atoms with E-state index in [1.165, 1.54) is 23.9 Å². The first kappa shape index (κ1) is 23.2. The van der Waals surface area contributed by atoms with E-state index in [2.05, 4.69) is 5.32 Å². The molecule has 180 valence electrons. The summed E-state index contributed by atoms with van der Waals surface area (Å²) in [6.07, 6.45) is 0. The van der Waals surface area contributed by atoms with Crippen molar-refractivity contribution >= 4 is 35.1 Å². The maximum atomic E-state index is 14.1. The summed E-state index contributed by atoms with van der Waals surface area (Å²) in [4.78, 5) is 29.7. The third-order valence-corrected chi connectivity index (χ3v) is 8.05. The zero-order valence-electron chi connectivity index (χ0n) is 19.8. The lowest BCUT2D eigenvalue weighted by molar-refractivity contribution is -0.123. The van der Waals surface area contributed by atoms with Crippen LogP contribution in [0.4, 0.5) is 20.6 Å². The number of fused-ring (bicyclic) bond motifs is 2. The van der Waals surface area contributed by atoms with Gasteiger partial charge in [0.2, 0.25) is 0 Å². The molecule has 0 bridgehead atoms. The molecule has 0 saturated carbocycles. The third-order valence-electron chi connectivity index (χ3n) is 6.63. The van der Waals surface area contributed by atoms with Crippen LogP contribution in [0.5, 0.6) is 5.75 Å². The Morgan fingerprint density at radius 3 is 2.69 bits per heavy atom. The number of hydrogen-bond donors (Lipinski definition) is 1. The van der Waals surface area contributed by atoms with Crippen molar-refractivity contribution in [3.8, 4) is 5.75 Å². The van der Waals surface area contributed by atoms with Crippen molar-refractivity contribution in [1.82, 2.24) is 4.90 Å². The van der Waals surface area contributed by atoms with E-state index in [0.717, 1.165) is 11.1 Å². The zero-order chi connectivity index (χ0) is 24.7. The molecule has 1 spiro atoms. The summed E-state index contributed by atoms with van der Waals surface area (Å²) in [5.74, 6) is 0.632. The van der Waals surface area contributed by atoms with Crippen LogP contribution in [0.2, 0.25) is 0 Å². The van der Waals surface area contributed by atoms with Crippen LogP contribution in [0.1, 0.15) is 22.3 Å². The van der Waals surface area contributed by atoms with Crippen molar-refractivity contribution in [2.75, 3.05) is 29.6 Å². The number of halogens is 1. The third kappa shape index (κ3) is 3.91. The molecule has 0 unspecified atom stereocenters. The molecule has 35 heavy (non-hydrogen) atoms. The molecule has 5 rings (SSSR count). The average Bonchev–Trinajstić information content (AvgIpc) is 3.38. The number of urea groups is 1. The van der Waals surface area contributed by atoms with Gasteiger partial charge >= 0.3 is 6.03 Å². The van der Waals surface area contributed by atoms with Crippen molar-refractivity contribution in [2.45, 2.75) is 25.3 Å². The van der Waals surface area contributed by atoms with E-state index in [4.69, 9.17) is 4.74 Å². The molecule has 3 amide bonds. The van der Waals surface area contributed by atoms with Gasteiger partial charge < -0.3 is 15.0 Å². The average molecular weight is 492 g/mol. The Kier molecular flexibility index (Phi) is 5.92. The second-order valence-corrected chi connectivity index (χ2v) is 10.1. The van der Waals surface area contributed by atoms with E-state index in [-0.39, 0.29) is 24.3 Å². The van der Waals surface area contributed by atoms with Gasteiger partial charge in [-0.3, -0.25) is 9.69 Å². The number of methoxy groups -OCH3 is 1. The van der Waals surface area contributed by atoms with Crippen LogP contribution in [-0.4, -0.2) is 36.2 Å². The molecule has 1 saturated heterocycles. The van der Waals surface area contributed by atoms with E-state index < -0.39 is 4.87 Å². The van der Waals surface area contributed by atoms with Gasteiger partial charge in [-0.05, 0) is 73.0 Å². The van der Waals surface area contributed by atoms with Gasteiger partial charge in [-0.2, -0.15) is 0 Å². The predicted molar refractivity (Wildman–Crippen MR) is 136 cm³/mol. The second-order valence-electron chi connectivity index (χ2n) is 8.78. The summed E-state index contributed by atoms with van der Waals surface area (Å²) in [6, 6.07) is 17.1. The fourth-order valence-electron chi connectivity index (χ4n) is 4.71. The minimum absolute atomic E-state index is 0.199. The molecular weight excluding hydrogens is 465 g/mol. The number of hydrogen-bond acceptors (Lipinski definition) is 4. The second kappa shape index (κ2) is 8.92. The van der Waals surface area contributed by atoms with Crippen LogP contribution in [0.3, 0.4) is 0 Å². The molecule has 0 aromatic heterocycles. The number of amides is 3. The minimum atomic E-state index is -1.22. The van der Waals surface area contributed by atoms with E-state index in [1.54, 1.807) is 35.1 Å². The highest BCUT2D eigenvalue weighted by molar-refractivity contribution is 8.01. The number of carbonyl (C=O) groups excluding carboxylic acids is 2. The van der Waals surface area contributed by atoms with Crippen molar-refractivity contribution in [3.63, 3.8) is 0 Å². The largest absolute Gasteiger partial charge is 0.497 e. The number of anilines is 2. The van der Waals surface area contributed by atoms with Gasteiger partial charge in [-0.25, -0.2) is 9.18 Å². The molecule has 3 aromatic carbocycles. The molecular formula is C27H26FN3O3S. The zero-order valence-corrected chi connectivity index (χ0v) is 20.6. The van der Waals surface area contributed by atoms with Crippen LogP contribution in [-0.2, 0) is 16.2 Å². The normalized spacial score (nSPS) is 18.8. The Bertz CT molecular complexity index is 1330. The highest BCUT2D eigenvalue weighted by Gasteiger charge is 2.59. The maximum absolute atomic E-state index is 14.1. The summed E-state index contributed by atoms with van der Waals surface area (Å²) < 4.78 is 19.3. The lowest BCUT2D eigenvalue weighted by atomic mass is 10.1. The van der Waals surface area contributed by atoms with Gasteiger partial charge in [0.05, 0.1) is 19.3 Å². The number of thioether (sulfide) groups is 1. The molecule has 8 heteroatoms. The highest BCUT2D eigenvalue weighted by Crippen LogP contribution is 2.55. The summed E-state index contributed by atoms with van der Waals surface area (Å²) in [6.45, 7) is 4.62. The molecule has 6 nitrogen and oxygen atoms in total. The molecule has 2 heterocycles. The summed E-state index contributed by atoms with van der Waals surface area (Å²) in [5, 5.41) is 2.98. The topological polar surface area (TPSA) is 61.9 Å². The van der Waals surface area contributed by atoms with E-state index in [1.807, 2.05) is 44.2 Å². The molecule has 2 aliphatic heterocycles. The molecule has 1 N–H and O–H groups in total. The fraction of sp³-hybridized carbons (Fsp3) is 0.259. The van der Waals surface area contributed by atoms with Gasteiger partial charge in [0, 0.05) is 23.5 Å². The first-order valence-electron chi connectivity index (χ1n) is 11.4. The fourth-order valence-corrected chi connectivity index (χ4v) is 6.16. The summed E-state index contributed by atoms with van der Waals surface area (Å²) in [5.41, 5.74) is 4.96. The van der Waals surface area contributed by atoms with Crippen molar-refractivity contribution < 1.29 is 18.7 Å². The lowest BCUT2D eigenvalue weighted by Gasteiger charge is -2.33. The number of aryl methyl sites for hydroxylation is 2. The van der Waals surface area contributed by atoms with Crippen LogP contribution < -0.4 is 15.0 Å². The molecule has 2 aliphatic rings. The van der Waals surface area contributed by atoms with Crippen LogP contribution in [0, 0.1) is 19.7 Å². The molecule has 3 aromatic rings. The number of benzene rings is 3. The molecule has 1 atom stereocenters. The van der Waals surface area contributed by atoms with Crippen molar-refractivity contribution in [1.29, 1.82) is 0 Å². The first-order chi connectivity index (χ1) is 16.8. The van der Waals surface area contributed by atoms with Gasteiger partial charge in [0.1, 0.15) is 11.6 Å². The Labute approximate surface area is 208 Å². The number of ether oxygens (including phenoxy) is 1. The molecule has 1 fully saturated rings. The number of nitrogens with one attached hydrogen (secondary N) is 1. The van der Waals surface area contributed by atoms with Crippen LogP contribution >= 0.6 is 11.8 Å². The van der Waals surface area contributed by atoms with Crippen LogP contribution in [0.25, 0.3) is 0 Å². The molecule has 0 radical (unpaired) electrons. The first-order valence-corrected chi connectivity index (χ1v) is 12.4. The Morgan fingerprint density at radius 1 is 1.11 bits per heavy atom. The maximum Gasteiger partial charge on any atom is 0.323 e. The molecule has 0 aliphatic carbocycles. The van der Waals surface area contributed by atoms with E-state index >= 15 is 0 Å². The summed E-state index contributed by atoms with van der Waals surface area (Å²) in [7, 11) is 1.57. The highest BCUT2D eigenvalue weighted by atomic mass is 32.2. The summed E-state index contributed by atoms with van der Waals surface area (Å²) >= 11 is 1.44. The van der Waals surface area contributed by atoms with Gasteiger partial charge in [0.25, 0.3) is 5.91 Å². The lowest BCUT2D eigenvalue weighted by Crippen LogP contribution is -2.51. The standard InChI is InChI=1S/C27H26FN3O3S/c1-17-7-8-21(13-18(17)2)29-26(33)31-11-12-35-27(31)23-15-22(34-3)9-10-24(23)30(25(27)32)16-19-5-4-6-20(28)14-19/h4-10,13-15H,11-12,16H2,1-3H3,(H,29,33)/t27-/m0/s1. The quantitative estimate of drug-likeness (QED) is 0.529.